The highest BCUT2D eigenvalue weighted by Crippen LogP contribution is 2.31. The SMILES string of the molecule is COc1cccc2c1nc(N)n2C(CC(C)C)CN(C)C. The largest absolute Gasteiger partial charge is 0.494 e. The predicted octanol–water partition coefficient (Wildman–Crippen LogP) is 2.78. The molecule has 2 N–H and O–H groups in total. The lowest BCUT2D eigenvalue weighted by Gasteiger charge is -2.25. The van der Waals surface area contributed by atoms with Crippen LogP contribution in [0.4, 0.5) is 5.95 Å². The van der Waals surface area contributed by atoms with E-state index >= 15 is 0 Å². The van der Waals surface area contributed by atoms with E-state index in [9.17, 15) is 0 Å². The summed E-state index contributed by atoms with van der Waals surface area (Å²) >= 11 is 0. The standard InChI is InChI=1S/C16H26N4O/c1-11(2)9-12(10-19(3)4)20-13-7-6-8-14(21-5)15(13)18-16(20)17/h6-8,11-12H,9-10H2,1-5H3,(H2,17,18). The van der Waals surface area contributed by atoms with Crippen LogP contribution in [0.1, 0.15) is 26.3 Å². The number of hydrogen-bond acceptors (Lipinski definition) is 4. The van der Waals surface area contributed by atoms with Crippen LogP contribution in [-0.4, -0.2) is 42.2 Å². The van der Waals surface area contributed by atoms with Crippen LogP contribution in [-0.2, 0) is 0 Å². The minimum absolute atomic E-state index is 0.303. The van der Waals surface area contributed by atoms with Crippen molar-refractivity contribution in [1.29, 1.82) is 0 Å². The van der Waals surface area contributed by atoms with Crippen molar-refractivity contribution in [2.24, 2.45) is 5.92 Å². The van der Waals surface area contributed by atoms with Crippen LogP contribution < -0.4 is 10.5 Å². The van der Waals surface area contributed by atoms with Crippen molar-refractivity contribution in [3.05, 3.63) is 18.2 Å². The average Bonchev–Trinajstić information content (AvgIpc) is 2.72. The number of nitrogens with two attached hydrogens (primary N) is 1. The molecule has 0 bridgehead atoms. The number of likely N-dealkylation sites (N-methyl/N-ethyl adjacent to an activating group) is 1. The first-order chi connectivity index (χ1) is 9.93. The predicted molar refractivity (Wildman–Crippen MR) is 87.7 cm³/mol. The van der Waals surface area contributed by atoms with Crippen LogP contribution in [0.2, 0.25) is 0 Å². The molecule has 1 aromatic heterocycles. The van der Waals surface area contributed by atoms with E-state index in [1.54, 1.807) is 7.11 Å². The first-order valence-corrected chi connectivity index (χ1v) is 7.39. The molecule has 0 saturated heterocycles. The summed E-state index contributed by atoms with van der Waals surface area (Å²) < 4.78 is 7.55. The van der Waals surface area contributed by atoms with Gasteiger partial charge in [0.05, 0.1) is 18.7 Å². The van der Waals surface area contributed by atoms with Crippen molar-refractivity contribution in [2.75, 3.05) is 33.5 Å². The minimum Gasteiger partial charge on any atom is -0.494 e. The molecular formula is C16H26N4O. The number of anilines is 1. The molecule has 5 heteroatoms. The fourth-order valence-electron chi connectivity index (χ4n) is 2.89. The van der Waals surface area contributed by atoms with Crippen molar-refractivity contribution < 1.29 is 4.74 Å². The van der Waals surface area contributed by atoms with Crippen LogP contribution in [0.15, 0.2) is 18.2 Å². The van der Waals surface area contributed by atoms with E-state index in [1.165, 1.54) is 0 Å². The molecule has 0 fully saturated rings. The Hall–Kier alpha value is -1.75. The number of aromatic nitrogens is 2. The molecule has 1 aromatic carbocycles. The fourth-order valence-corrected chi connectivity index (χ4v) is 2.89. The van der Waals surface area contributed by atoms with Gasteiger partial charge in [0.15, 0.2) is 0 Å². The smallest absolute Gasteiger partial charge is 0.201 e. The first kappa shape index (κ1) is 15.6. The highest BCUT2D eigenvalue weighted by atomic mass is 16.5. The summed E-state index contributed by atoms with van der Waals surface area (Å²) in [6.07, 6.45) is 1.06. The van der Waals surface area contributed by atoms with Gasteiger partial charge < -0.3 is 19.9 Å². The van der Waals surface area contributed by atoms with Crippen molar-refractivity contribution in [3.8, 4) is 5.75 Å². The van der Waals surface area contributed by atoms with Gasteiger partial charge in [-0.05, 0) is 38.6 Å². The quantitative estimate of drug-likeness (QED) is 0.889. The normalized spacial score (nSPS) is 13.3. The van der Waals surface area contributed by atoms with Crippen molar-refractivity contribution >= 4 is 17.0 Å². The number of nitrogens with zero attached hydrogens (tertiary/aromatic N) is 3. The Bertz CT molecular complexity index is 594. The number of rotatable bonds is 6. The van der Waals surface area contributed by atoms with E-state index in [1.807, 2.05) is 12.1 Å². The van der Waals surface area contributed by atoms with Gasteiger partial charge in [-0.1, -0.05) is 19.9 Å². The molecule has 116 valence electrons. The summed E-state index contributed by atoms with van der Waals surface area (Å²) in [6, 6.07) is 6.27. The lowest BCUT2D eigenvalue weighted by atomic mass is 10.0. The van der Waals surface area contributed by atoms with E-state index in [0.29, 0.717) is 17.9 Å². The number of nitrogen functional groups attached to an aromatic ring is 1. The van der Waals surface area contributed by atoms with Gasteiger partial charge in [-0.2, -0.15) is 0 Å². The molecule has 0 spiro atoms. The van der Waals surface area contributed by atoms with E-state index in [0.717, 1.165) is 29.7 Å². The third-order valence-electron chi connectivity index (χ3n) is 3.61. The summed E-state index contributed by atoms with van der Waals surface area (Å²) in [6.45, 7) is 5.40. The van der Waals surface area contributed by atoms with Crippen LogP contribution in [0.3, 0.4) is 0 Å². The molecule has 0 saturated carbocycles. The second kappa shape index (κ2) is 6.35. The maximum absolute atomic E-state index is 6.21. The molecule has 1 atom stereocenters. The third-order valence-corrected chi connectivity index (χ3v) is 3.61. The topological polar surface area (TPSA) is 56.3 Å². The molecule has 0 amide bonds. The van der Waals surface area contributed by atoms with Gasteiger partial charge in [-0.15, -0.1) is 0 Å². The lowest BCUT2D eigenvalue weighted by molar-refractivity contribution is 0.294. The molecule has 0 aliphatic heterocycles. The van der Waals surface area contributed by atoms with Crippen molar-refractivity contribution in [1.82, 2.24) is 14.5 Å². The van der Waals surface area contributed by atoms with Gasteiger partial charge in [0.25, 0.3) is 0 Å². The third kappa shape index (κ3) is 3.29. The van der Waals surface area contributed by atoms with E-state index in [4.69, 9.17) is 10.5 Å². The number of fused-ring (bicyclic) bond motifs is 1. The Balaban J connectivity index is 2.53. The van der Waals surface area contributed by atoms with Gasteiger partial charge >= 0.3 is 0 Å². The molecule has 0 radical (unpaired) electrons. The van der Waals surface area contributed by atoms with Crippen LogP contribution in [0, 0.1) is 5.92 Å². The second-order valence-electron chi connectivity index (χ2n) is 6.21. The fraction of sp³-hybridized carbons (Fsp3) is 0.562. The highest BCUT2D eigenvalue weighted by molar-refractivity contribution is 5.84. The number of imidazole rings is 1. The summed E-state index contributed by atoms with van der Waals surface area (Å²) in [5.74, 6) is 1.92. The molecule has 1 heterocycles. The van der Waals surface area contributed by atoms with Gasteiger partial charge in [0, 0.05) is 6.54 Å². The Morgan fingerprint density at radius 3 is 2.62 bits per heavy atom. The summed E-state index contributed by atoms with van der Waals surface area (Å²) in [5.41, 5.74) is 8.09. The summed E-state index contributed by atoms with van der Waals surface area (Å²) in [7, 11) is 5.84. The number of para-hydroxylation sites is 1. The number of benzene rings is 1. The van der Waals surface area contributed by atoms with Gasteiger partial charge in [0.1, 0.15) is 11.3 Å². The van der Waals surface area contributed by atoms with Gasteiger partial charge in [0.2, 0.25) is 5.95 Å². The Morgan fingerprint density at radius 2 is 2.05 bits per heavy atom. The molecule has 5 nitrogen and oxygen atoms in total. The maximum atomic E-state index is 6.21. The molecule has 2 aromatic rings. The maximum Gasteiger partial charge on any atom is 0.201 e. The molecule has 0 aliphatic rings. The van der Waals surface area contributed by atoms with E-state index in [2.05, 4.69) is 48.5 Å². The molecule has 0 aliphatic carbocycles. The van der Waals surface area contributed by atoms with Gasteiger partial charge in [-0.25, -0.2) is 4.98 Å². The lowest BCUT2D eigenvalue weighted by Crippen LogP contribution is -2.26. The zero-order chi connectivity index (χ0) is 15.6. The molecular weight excluding hydrogens is 264 g/mol. The number of hydrogen-bond donors (Lipinski definition) is 1. The molecule has 1 unspecified atom stereocenters. The van der Waals surface area contributed by atoms with E-state index in [-0.39, 0.29) is 0 Å². The Labute approximate surface area is 126 Å². The summed E-state index contributed by atoms with van der Waals surface area (Å²) in [4.78, 5) is 6.71. The monoisotopic (exact) mass is 290 g/mol. The first-order valence-electron chi connectivity index (χ1n) is 7.39. The zero-order valence-corrected chi connectivity index (χ0v) is 13.6. The van der Waals surface area contributed by atoms with Crippen LogP contribution in [0.5, 0.6) is 5.75 Å². The van der Waals surface area contributed by atoms with Crippen molar-refractivity contribution in [2.45, 2.75) is 26.3 Å². The van der Waals surface area contributed by atoms with Crippen LogP contribution >= 0.6 is 0 Å². The second-order valence-corrected chi connectivity index (χ2v) is 6.21. The Morgan fingerprint density at radius 1 is 1.33 bits per heavy atom. The van der Waals surface area contributed by atoms with Crippen LogP contribution in [0.25, 0.3) is 11.0 Å². The minimum atomic E-state index is 0.303. The van der Waals surface area contributed by atoms with Crippen molar-refractivity contribution in [3.63, 3.8) is 0 Å². The Kier molecular flexibility index (Phi) is 4.73. The van der Waals surface area contributed by atoms with Gasteiger partial charge in [-0.3, -0.25) is 0 Å². The molecule has 21 heavy (non-hydrogen) atoms. The zero-order valence-electron chi connectivity index (χ0n) is 13.6. The molecule has 2 rings (SSSR count). The number of methoxy groups -OCH3 is 1. The average molecular weight is 290 g/mol. The highest BCUT2D eigenvalue weighted by Gasteiger charge is 2.21. The summed E-state index contributed by atoms with van der Waals surface area (Å²) in [5, 5.41) is 0. The number of ether oxygens (including phenoxy) is 1. The van der Waals surface area contributed by atoms with E-state index < -0.39 is 0 Å².